The molecule has 1 N–H and O–H groups in total. The van der Waals surface area contributed by atoms with Gasteiger partial charge in [0.1, 0.15) is 16.5 Å². The molecule has 0 spiro atoms. The largest absolute Gasteiger partial charge is 0.497 e. The van der Waals surface area contributed by atoms with Crippen molar-refractivity contribution in [1.82, 2.24) is 25.2 Å². The number of carbonyl (C=O) groups is 1. The predicted octanol–water partition coefficient (Wildman–Crippen LogP) is 4.37. The second-order valence-electron chi connectivity index (χ2n) is 6.49. The first kappa shape index (κ1) is 22.0. The molecule has 4 rings (SSSR count). The fourth-order valence-corrected chi connectivity index (χ4v) is 4.66. The molecule has 0 atom stereocenters. The second kappa shape index (κ2) is 10.4. The monoisotopic (exact) mass is 467 g/mol. The van der Waals surface area contributed by atoms with E-state index in [1.54, 1.807) is 19.4 Å². The van der Waals surface area contributed by atoms with Crippen LogP contribution in [0.4, 0.5) is 0 Å². The van der Waals surface area contributed by atoms with E-state index in [1.807, 2.05) is 59.2 Å². The lowest BCUT2D eigenvalue weighted by Crippen LogP contribution is -2.23. The fraction of sp³-hybridized carbons (Fsp3) is 0.182. The third-order valence-electron chi connectivity index (χ3n) is 4.39. The molecular weight excluding hydrogens is 446 g/mol. The maximum Gasteiger partial charge on any atom is 0.294 e. The Morgan fingerprint density at radius 1 is 1.16 bits per heavy atom. The highest BCUT2D eigenvalue weighted by molar-refractivity contribution is 7.98. The Morgan fingerprint density at radius 2 is 2.00 bits per heavy atom. The third-order valence-corrected chi connectivity index (χ3v) is 6.37. The molecule has 0 aliphatic rings. The van der Waals surface area contributed by atoms with Crippen LogP contribution in [0.1, 0.15) is 22.4 Å². The van der Waals surface area contributed by atoms with Gasteiger partial charge in [-0.3, -0.25) is 14.2 Å². The Labute approximate surface area is 193 Å². The molecule has 8 nitrogen and oxygen atoms in total. The van der Waals surface area contributed by atoms with Crippen LogP contribution >= 0.6 is 23.1 Å². The minimum absolute atomic E-state index is 0.334. The summed E-state index contributed by atoms with van der Waals surface area (Å²) in [7, 11) is 1.64. The Hall–Kier alpha value is -3.21. The number of para-hydroxylation sites is 1. The number of methoxy groups -OCH3 is 1. The number of thiazole rings is 1. The maximum atomic E-state index is 12.0. The van der Waals surface area contributed by atoms with E-state index in [-0.39, 0.29) is 5.91 Å². The molecule has 164 valence electrons. The van der Waals surface area contributed by atoms with Gasteiger partial charge >= 0.3 is 0 Å². The van der Waals surface area contributed by atoms with E-state index >= 15 is 0 Å². The number of rotatable bonds is 9. The number of ether oxygens (including phenoxy) is 1. The quantitative estimate of drug-likeness (QED) is 0.289. The number of nitrogens with one attached hydrogen (secondary N) is 1. The van der Waals surface area contributed by atoms with E-state index in [4.69, 9.17) is 9.57 Å². The first-order chi connectivity index (χ1) is 15.7. The van der Waals surface area contributed by atoms with Gasteiger partial charge in [0.05, 0.1) is 19.5 Å². The lowest BCUT2D eigenvalue weighted by molar-refractivity contribution is 0.0360. The van der Waals surface area contributed by atoms with Crippen molar-refractivity contribution < 1.29 is 14.4 Å². The number of carbonyl (C=O) groups excluding carboxylic acids is 1. The molecule has 0 fully saturated rings. The number of benzene rings is 2. The number of amides is 1. The van der Waals surface area contributed by atoms with E-state index in [9.17, 15) is 4.79 Å². The van der Waals surface area contributed by atoms with Crippen LogP contribution in [0.3, 0.4) is 0 Å². The maximum absolute atomic E-state index is 12.0. The van der Waals surface area contributed by atoms with Crippen LogP contribution in [0, 0.1) is 0 Å². The number of aromatic nitrogens is 4. The summed E-state index contributed by atoms with van der Waals surface area (Å²) in [4.78, 5) is 21.4. The highest BCUT2D eigenvalue weighted by Gasteiger charge is 2.18. The zero-order chi connectivity index (χ0) is 22.3. The first-order valence-electron chi connectivity index (χ1n) is 9.84. The van der Waals surface area contributed by atoms with E-state index in [1.165, 1.54) is 23.1 Å². The number of hydrogen-bond donors (Lipinski definition) is 1. The first-order valence-corrected chi connectivity index (χ1v) is 11.7. The van der Waals surface area contributed by atoms with Crippen molar-refractivity contribution in [3.63, 3.8) is 0 Å². The molecule has 0 unspecified atom stereocenters. The van der Waals surface area contributed by atoms with Crippen molar-refractivity contribution in [2.24, 2.45) is 0 Å². The van der Waals surface area contributed by atoms with Gasteiger partial charge in [0.25, 0.3) is 5.91 Å². The summed E-state index contributed by atoms with van der Waals surface area (Å²) in [6.45, 7) is 2.19. The Bertz CT molecular complexity index is 1190. The fourth-order valence-electron chi connectivity index (χ4n) is 2.92. The van der Waals surface area contributed by atoms with Crippen LogP contribution in [0.15, 0.2) is 65.1 Å². The summed E-state index contributed by atoms with van der Waals surface area (Å²) in [5.74, 6) is 1.66. The number of hydrogen-bond acceptors (Lipinski definition) is 8. The SMILES string of the molecule is CCONC(=O)c1csc(CSc2nnc(-c3cccc(OC)c3)n2-c2ccccc2)n1. The van der Waals surface area contributed by atoms with Gasteiger partial charge in [0.2, 0.25) is 0 Å². The molecule has 2 aromatic heterocycles. The van der Waals surface area contributed by atoms with Crippen molar-refractivity contribution in [2.75, 3.05) is 13.7 Å². The average Bonchev–Trinajstić information content (AvgIpc) is 3.49. The minimum atomic E-state index is -0.355. The number of nitrogens with zero attached hydrogens (tertiary/aromatic N) is 4. The van der Waals surface area contributed by atoms with Crippen molar-refractivity contribution in [1.29, 1.82) is 0 Å². The van der Waals surface area contributed by atoms with Gasteiger partial charge in [0, 0.05) is 16.6 Å². The summed E-state index contributed by atoms with van der Waals surface area (Å²) in [6.07, 6.45) is 0. The molecule has 10 heteroatoms. The Balaban J connectivity index is 1.60. The summed E-state index contributed by atoms with van der Waals surface area (Å²) >= 11 is 2.92. The number of thioether (sulfide) groups is 1. The topological polar surface area (TPSA) is 91.2 Å². The molecule has 32 heavy (non-hydrogen) atoms. The molecular formula is C22H21N5O3S2. The smallest absolute Gasteiger partial charge is 0.294 e. The third kappa shape index (κ3) is 4.98. The molecule has 2 heterocycles. The molecule has 2 aromatic carbocycles. The predicted molar refractivity (Wildman–Crippen MR) is 124 cm³/mol. The molecule has 0 aliphatic carbocycles. The normalized spacial score (nSPS) is 10.8. The van der Waals surface area contributed by atoms with E-state index in [2.05, 4.69) is 20.7 Å². The summed E-state index contributed by atoms with van der Waals surface area (Å²) in [5, 5.41) is 12.1. The van der Waals surface area contributed by atoms with Crippen LogP contribution in [0.25, 0.3) is 17.1 Å². The zero-order valence-corrected chi connectivity index (χ0v) is 19.2. The van der Waals surface area contributed by atoms with Gasteiger partial charge in [-0.05, 0) is 31.2 Å². The Kier molecular flexibility index (Phi) is 7.15. The van der Waals surface area contributed by atoms with Crippen LogP contribution in [0.2, 0.25) is 0 Å². The lowest BCUT2D eigenvalue weighted by atomic mass is 10.2. The second-order valence-corrected chi connectivity index (χ2v) is 8.37. The van der Waals surface area contributed by atoms with E-state index in [0.717, 1.165) is 27.2 Å². The van der Waals surface area contributed by atoms with Gasteiger partial charge in [-0.2, -0.15) is 0 Å². The van der Waals surface area contributed by atoms with Gasteiger partial charge in [-0.1, -0.05) is 42.1 Å². The van der Waals surface area contributed by atoms with Crippen LogP contribution in [0.5, 0.6) is 5.75 Å². The lowest BCUT2D eigenvalue weighted by Gasteiger charge is -2.10. The van der Waals surface area contributed by atoms with Gasteiger partial charge in [-0.25, -0.2) is 10.5 Å². The van der Waals surface area contributed by atoms with Crippen molar-refractivity contribution in [3.05, 3.63) is 70.7 Å². The average molecular weight is 468 g/mol. The number of hydroxylamine groups is 1. The van der Waals surface area contributed by atoms with E-state index < -0.39 is 0 Å². The molecule has 0 bridgehead atoms. The van der Waals surface area contributed by atoms with Gasteiger partial charge < -0.3 is 4.74 Å². The zero-order valence-electron chi connectivity index (χ0n) is 17.5. The van der Waals surface area contributed by atoms with Crippen LogP contribution in [-0.2, 0) is 10.6 Å². The van der Waals surface area contributed by atoms with Crippen LogP contribution in [-0.4, -0.2) is 39.4 Å². The highest BCUT2D eigenvalue weighted by atomic mass is 32.2. The molecule has 0 saturated heterocycles. The molecule has 0 saturated carbocycles. The standard InChI is InChI=1S/C22H21N5O3S2/c1-3-30-26-21(28)18-13-31-19(23-18)14-32-22-25-24-20(15-8-7-11-17(12-15)29-2)27(22)16-9-5-4-6-10-16/h4-13H,3,14H2,1-2H3,(H,26,28). The van der Waals surface area contributed by atoms with Gasteiger partial charge in [-0.15, -0.1) is 21.5 Å². The molecule has 1 amide bonds. The van der Waals surface area contributed by atoms with Gasteiger partial charge in [0.15, 0.2) is 11.0 Å². The highest BCUT2D eigenvalue weighted by Crippen LogP contribution is 2.31. The molecule has 0 radical (unpaired) electrons. The summed E-state index contributed by atoms with van der Waals surface area (Å²) in [5.41, 5.74) is 4.55. The van der Waals surface area contributed by atoms with Crippen molar-refractivity contribution in [2.45, 2.75) is 17.8 Å². The van der Waals surface area contributed by atoms with Crippen LogP contribution < -0.4 is 10.2 Å². The van der Waals surface area contributed by atoms with Crippen molar-refractivity contribution in [3.8, 4) is 22.8 Å². The minimum Gasteiger partial charge on any atom is -0.497 e. The molecule has 0 aliphatic heterocycles. The van der Waals surface area contributed by atoms with E-state index in [0.29, 0.717) is 23.9 Å². The summed E-state index contributed by atoms with van der Waals surface area (Å²) in [6, 6.07) is 17.7. The molecule has 4 aromatic rings. The summed E-state index contributed by atoms with van der Waals surface area (Å²) < 4.78 is 7.38. The Morgan fingerprint density at radius 3 is 2.78 bits per heavy atom. The van der Waals surface area contributed by atoms with Crippen molar-refractivity contribution >= 4 is 29.0 Å².